The first-order chi connectivity index (χ1) is 32.2. The molecule has 0 unspecified atom stereocenters. The summed E-state index contributed by atoms with van der Waals surface area (Å²) in [5.74, 6) is 0. The summed E-state index contributed by atoms with van der Waals surface area (Å²) in [6.07, 6.45) is 0. The summed E-state index contributed by atoms with van der Waals surface area (Å²) < 4.78 is 5.00. The molecule has 0 spiro atoms. The van der Waals surface area contributed by atoms with Gasteiger partial charge in [0.05, 0.1) is 22.1 Å². The minimum atomic E-state index is -0.214. The number of hydrogen-bond acceptors (Lipinski definition) is 4. The molecule has 17 rings (SSSR count). The van der Waals surface area contributed by atoms with Crippen LogP contribution < -0.4 is 69.8 Å². The van der Waals surface area contributed by atoms with Crippen LogP contribution >= 0.6 is 0 Å². The summed E-state index contributed by atoms with van der Waals surface area (Å²) >= 11 is 0. The third-order valence-corrected chi connectivity index (χ3v) is 15.8. The Morgan fingerprint density at radius 2 is 0.708 bits per heavy atom. The second-order valence-corrected chi connectivity index (χ2v) is 18.5. The van der Waals surface area contributed by atoms with Crippen molar-refractivity contribution < 1.29 is 0 Å². The molecular weight excluding hydrogens is 793 g/mol. The molecule has 8 heterocycles. The monoisotopic (exact) mass is 822 g/mol. The highest BCUT2D eigenvalue weighted by Gasteiger charge is 2.52. The maximum Gasteiger partial charge on any atom is 0.252 e. The smallest absolute Gasteiger partial charge is 0.252 e. The van der Waals surface area contributed by atoms with E-state index in [9.17, 15) is 0 Å². The molecule has 6 aliphatic rings. The lowest BCUT2D eigenvalue weighted by Crippen LogP contribution is -2.71. The second kappa shape index (κ2) is 11.1. The highest BCUT2D eigenvalue weighted by Crippen LogP contribution is 2.44. The number of pyridine rings is 2. The van der Waals surface area contributed by atoms with Gasteiger partial charge < -0.3 is 18.9 Å². The van der Waals surface area contributed by atoms with Crippen LogP contribution in [-0.2, 0) is 0 Å². The molecule has 0 fully saturated rings. The van der Waals surface area contributed by atoms with Gasteiger partial charge in [0, 0.05) is 67.0 Å². The Hall–Kier alpha value is -8.29. The number of nitrogens with zero attached hydrogens (tertiary/aromatic N) is 4. The van der Waals surface area contributed by atoms with Gasteiger partial charge in [-0.2, -0.15) is 0 Å². The largest absolute Gasteiger partial charge is 0.311 e. The number of rotatable bonds is 2. The molecular formula is C56H29B3N4O2. The Morgan fingerprint density at radius 1 is 0.308 bits per heavy atom. The van der Waals surface area contributed by atoms with E-state index in [1.54, 1.807) is 0 Å². The van der Waals surface area contributed by atoms with Crippen LogP contribution in [-0.4, -0.2) is 29.3 Å². The SMILES string of the molecule is O=c1c2cccc3c2n2c4c5c(ccc14)N(c1ccccc1)c1ccccc1B5c1cc4c5c(c1-2)B3c1cccc2c(=O)c3ccc6c(c3n-5c12)B4c1ccccc1N6c1ccccc1. The van der Waals surface area contributed by atoms with Crippen molar-refractivity contribution in [2.45, 2.75) is 0 Å². The van der Waals surface area contributed by atoms with E-state index >= 15 is 9.59 Å². The Labute approximate surface area is 372 Å². The average Bonchev–Trinajstić information content (AvgIpc) is 3.36. The van der Waals surface area contributed by atoms with Gasteiger partial charge in [0.25, 0.3) is 20.1 Å². The van der Waals surface area contributed by atoms with E-state index in [0.29, 0.717) is 0 Å². The third kappa shape index (κ3) is 3.59. The van der Waals surface area contributed by atoms with Crippen molar-refractivity contribution in [3.05, 3.63) is 196 Å². The van der Waals surface area contributed by atoms with Crippen LogP contribution in [0.5, 0.6) is 0 Å². The molecule has 65 heavy (non-hydrogen) atoms. The van der Waals surface area contributed by atoms with Gasteiger partial charge in [0.2, 0.25) is 0 Å². The molecule has 0 amide bonds. The van der Waals surface area contributed by atoms with E-state index in [-0.39, 0.29) is 31.0 Å². The molecule has 11 aromatic rings. The molecule has 6 nitrogen and oxygen atoms in total. The van der Waals surface area contributed by atoms with Crippen LogP contribution in [0, 0.1) is 0 Å². The highest BCUT2D eigenvalue weighted by atomic mass is 16.1. The summed E-state index contributed by atoms with van der Waals surface area (Å²) in [4.78, 5) is 35.1. The van der Waals surface area contributed by atoms with Crippen molar-refractivity contribution in [1.82, 2.24) is 9.13 Å². The van der Waals surface area contributed by atoms with Crippen molar-refractivity contribution in [3.8, 4) is 11.4 Å². The lowest BCUT2D eigenvalue weighted by molar-refractivity contribution is 1.13. The third-order valence-electron chi connectivity index (χ3n) is 15.8. The number of para-hydroxylation sites is 6. The highest BCUT2D eigenvalue weighted by molar-refractivity contribution is 7.07. The minimum Gasteiger partial charge on any atom is -0.311 e. The molecule has 2 aromatic heterocycles. The predicted molar refractivity (Wildman–Crippen MR) is 271 cm³/mol. The van der Waals surface area contributed by atoms with E-state index in [4.69, 9.17) is 0 Å². The van der Waals surface area contributed by atoms with Crippen molar-refractivity contribution in [2.75, 3.05) is 9.80 Å². The van der Waals surface area contributed by atoms with Crippen LogP contribution in [0.2, 0.25) is 0 Å². The lowest BCUT2D eigenvalue weighted by atomic mass is 9.26. The summed E-state index contributed by atoms with van der Waals surface area (Å²) in [6.45, 7) is -0.535. The Kier molecular flexibility index (Phi) is 5.67. The van der Waals surface area contributed by atoms with Gasteiger partial charge >= 0.3 is 0 Å². The Balaban J connectivity index is 1.12. The molecule has 0 bridgehead atoms. The van der Waals surface area contributed by atoms with Gasteiger partial charge in [-0.1, -0.05) is 103 Å². The molecule has 0 atom stereocenters. The summed E-state index contributed by atoms with van der Waals surface area (Å²) in [7, 11) is 0. The van der Waals surface area contributed by atoms with Crippen LogP contribution in [0.3, 0.4) is 0 Å². The molecule has 6 aliphatic heterocycles. The molecule has 0 aliphatic carbocycles. The van der Waals surface area contributed by atoms with Gasteiger partial charge in [0.15, 0.2) is 10.9 Å². The Morgan fingerprint density at radius 3 is 1.18 bits per heavy atom. The standard InChI is InChI=1S/C56H29B3N4O2/c64-55-32-17-11-21-38-49(32)62-51-34(55)25-27-44-46(51)57(36-19-7-9-23-42(36)60(44)30-13-3-1-4-14-30)40-29-41-54-48(53(40)62)59(38)39-22-12-18-33-50(39)63(54)52-35(56(33)65)26-28-45-47(52)58(41)37-20-8-10-24-43(37)61(45)31-15-5-2-6-16-31/h1-29H. The molecule has 0 radical (unpaired) electrons. The zero-order valence-electron chi connectivity index (χ0n) is 34.6. The zero-order chi connectivity index (χ0) is 42.1. The van der Waals surface area contributed by atoms with Crippen molar-refractivity contribution in [2.24, 2.45) is 0 Å². The first kappa shape index (κ1) is 33.3. The fourth-order valence-electron chi connectivity index (χ4n) is 13.6. The van der Waals surface area contributed by atoms with Crippen LogP contribution in [0.4, 0.5) is 34.1 Å². The number of fused-ring (bicyclic) bond motifs is 8. The van der Waals surface area contributed by atoms with Crippen LogP contribution in [0.1, 0.15) is 0 Å². The van der Waals surface area contributed by atoms with Crippen molar-refractivity contribution in [3.63, 3.8) is 0 Å². The lowest BCUT2D eigenvalue weighted by Gasteiger charge is -2.47. The molecule has 9 heteroatoms. The summed E-state index contributed by atoms with van der Waals surface area (Å²) in [6, 6.07) is 62.8. The predicted octanol–water partition coefficient (Wildman–Crippen LogP) is 4.97. The summed E-state index contributed by atoms with van der Waals surface area (Å²) in [5, 5.41) is 2.92. The zero-order valence-corrected chi connectivity index (χ0v) is 34.6. The number of hydrogen-bond donors (Lipinski definition) is 0. The number of benzene rings is 9. The van der Waals surface area contributed by atoms with E-state index in [2.05, 4.69) is 183 Å². The Bertz CT molecular complexity index is 4010. The van der Waals surface area contributed by atoms with Crippen LogP contribution in [0.25, 0.3) is 55.0 Å². The number of anilines is 6. The fraction of sp³-hybridized carbons (Fsp3) is 0. The first-order valence-corrected chi connectivity index (χ1v) is 22.6. The molecule has 0 saturated carbocycles. The van der Waals surface area contributed by atoms with E-state index in [1.807, 2.05) is 12.1 Å². The van der Waals surface area contributed by atoms with Crippen LogP contribution in [0.15, 0.2) is 186 Å². The summed E-state index contributed by atoms with van der Waals surface area (Å²) in [5.41, 5.74) is 23.7. The normalized spacial score (nSPS) is 14.4. The quantitative estimate of drug-likeness (QED) is 0.183. The van der Waals surface area contributed by atoms with Gasteiger partial charge in [0.1, 0.15) is 0 Å². The molecule has 0 N–H and O–H groups in total. The van der Waals surface area contributed by atoms with E-state index in [0.717, 1.165) is 99.6 Å². The van der Waals surface area contributed by atoms with E-state index in [1.165, 1.54) is 38.7 Å². The maximum absolute atomic E-state index is 15.1. The molecule has 9 aromatic carbocycles. The van der Waals surface area contributed by atoms with Gasteiger partial charge in [-0.05, 0) is 122 Å². The minimum absolute atomic E-state index is 0.0558. The average molecular weight is 822 g/mol. The number of aromatic nitrogens is 2. The van der Waals surface area contributed by atoms with Gasteiger partial charge in [-0.3, -0.25) is 9.59 Å². The van der Waals surface area contributed by atoms with Gasteiger partial charge in [-0.15, -0.1) is 0 Å². The van der Waals surface area contributed by atoms with E-state index < -0.39 is 0 Å². The topological polar surface area (TPSA) is 50.5 Å². The first-order valence-electron chi connectivity index (χ1n) is 22.6. The maximum atomic E-state index is 15.1. The van der Waals surface area contributed by atoms with Gasteiger partial charge in [-0.25, -0.2) is 0 Å². The second-order valence-electron chi connectivity index (χ2n) is 18.5. The fourth-order valence-corrected chi connectivity index (χ4v) is 13.6. The molecule has 294 valence electrons. The van der Waals surface area contributed by atoms with Crippen molar-refractivity contribution >= 4 is 147 Å². The van der Waals surface area contributed by atoms with Crippen molar-refractivity contribution in [1.29, 1.82) is 0 Å². The molecule has 0 saturated heterocycles.